The van der Waals surface area contributed by atoms with Crippen LogP contribution >= 0.6 is 0 Å². The number of hydrogen-bond acceptors (Lipinski definition) is 1. The van der Waals surface area contributed by atoms with Crippen LogP contribution in [-0.4, -0.2) is 11.7 Å². The van der Waals surface area contributed by atoms with Gasteiger partial charge in [0.25, 0.3) is 0 Å². The van der Waals surface area contributed by atoms with Crippen molar-refractivity contribution in [2.24, 2.45) is 0 Å². The van der Waals surface area contributed by atoms with Crippen LogP contribution in [0.3, 0.4) is 0 Å². The zero-order valence-corrected chi connectivity index (χ0v) is 10.7. The molecule has 92 valence electrons. The lowest BCUT2D eigenvalue weighted by Crippen LogP contribution is -2.04. The lowest BCUT2D eigenvalue weighted by atomic mass is 9.84. The van der Waals surface area contributed by atoms with E-state index in [1.165, 1.54) is 43.2 Å². The van der Waals surface area contributed by atoms with Gasteiger partial charge in [0.1, 0.15) is 0 Å². The Hall–Kier alpha value is -1.08. The van der Waals surface area contributed by atoms with Crippen molar-refractivity contribution >= 4 is 5.57 Å². The van der Waals surface area contributed by atoms with E-state index >= 15 is 0 Å². The fourth-order valence-electron chi connectivity index (χ4n) is 2.71. The lowest BCUT2D eigenvalue weighted by Gasteiger charge is -2.22. The summed E-state index contributed by atoms with van der Waals surface area (Å²) in [6, 6.07) is 8.90. The third-order valence-electron chi connectivity index (χ3n) is 3.84. The molecule has 0 heterocycles. The number of rotatable bonds is 3. The molecular weight excluding hydrogens is 208 g/mol. The molecule has 1 heteroatoms. The van der Waals surface area contributed by atoms with Crippen LogP contribution in [0.2, 0.25) is 0 Å². The maximum atomic E-state index is 8.88. The Morgan fingerprint density at radius 3 is 2.41 bits per heavy atom. The summed E-state index contributed by atoms with van der Waals surface area (Å²) in [6.07, 6.45) is 8.74. The van der Waals surface area contributed by atoms with Gasteiger partial charge in [-0.15, -0.1) is 0 Å². The molecular formula is C16H22O. The SMILES string of the molecule is C/C(=C\CO)c1ccc(C2CCCCC2)cc1. The summed E-state index contributed by atoms with van der Waals surface area (Å²) in [7, 11) is 0. The van der Waals surface area contributed by atoms with Gasteiger partial charge in [0.15, 0.2) is 0 Å². The summed E-state index contributed by atoms with van der Waals surface area (Å²) in [5, 5.41) is 8.88. The standard InChI is InChI=1S/C16H22O/c1-13(11-12-17)14-7-9-16(10-8-14)15-5-3-2-4-6-15/h7-11,15,17H,2-6,12H2,1H3/b13-11+. The number of aliphatic hydroxyl groups is 1. The van der Waals surface area contributed by atoms with Gasteiger partial charge in [0.2, 0.25) is 0 Å². The van der Waals surface area contributed by atoms with E-state index in [4.69, 9.17) is 5.11 Å². The van der Waals surface area contributed by atoms with Crippen molar-refractivity contribution < 1.29 is 5.11 Å². The number of hydrogen-bond donors (Lipinski definition) is 1. The molecule has 0 radical (unpaired) electrons. The van der Waals surface area contributed by atoms with E-state index in [9.17, 15) is 0 Å². The molecule has 1 aliphatic rings. The summed E-state index contributed by atoms with van der Waals surface area (Å²) in [4.78, 5) is 0. The highest BCUT2D eigenvalue weighted by molar-refractivity contribution is 5.63. The average molecular weight is 230 g/mol. The summed E-state index contributed by atoms with van der Waals surface area (Å²) in [6.45, 7) is 2.17. The van der Waals surface area contributed by atoms with Crippen molar-refractivity contribution in [1.29, 1.82) is 0 Å². The molecule has 1 aromatic rings. The Kier molecular flexibility index (Phi) is 4.38. The van der Waals surface area contributed by atoms with Crippen LogP contribution in [0.25, 0.3) is 5.57 Å². The highest BCUT2D eigenvalue weighted by Gasteiger charge is 2.14. The molecule has 1 N–H and O–H groups in total. The molecule has 17 heavy (non-hydrogen) atoms. The van der Waals surface area contributed by atoms with Crippen LogP contribution in [-0.2, 0) is 0 Å². The molecule has 0 aromatic heterocycles. The van der Waals surface area contributed by atoms with Crippen LogP contribution in [0, 0.1) is 0 Å². The monoisotopic (exact) mass is 230 g/mol. The summed E-state index contributed by atoms with van der Waals surface area (Å²) in [5.41, 5.74) is 3.87. The van der Waals surface area contributed by atoms with Crippen LogP contribution in [0.5, 0.6) is 0 Å². The van der Waals surface area contributed by atoms with Gasteiger partial charge in [-0.2, -0.15) is 0 Å². The minimum atomic E-state index is 0.121. The molecule has 0 bridgehead atoms. The van der Waals surface area contributed by atoms with Crippen molar-refractivity contribution in [3.8, 4) is 0 Å². The van der Waals surface area contributed by atoms with Gasteiger partial charge >= 0.3 is 0 Å². The molecule has 1 aliphatic carbocycles. The van der Waals surface area contributed by atoms with E-state index in [-0.39, 0.29) is 6.61 Å². The lowest BCUT2D eigenvalue weighted by molar-refractivity contribution is 0.343. The van der Waals surface area contributed by atoms with Gasteiger partial charge in [0, 0.05) is 0 Å². The van der Waals surface area contributed by atoms with Gasteiger partial charge < -0.3 is 5.11 Å². The first-order chi connectivity index (χ1) is 8.31. The largest absolute Gasteiger partial charge is 0.392 e. The van der Waals surface area contributed by atoms with Crippen molar-refractivity contribution in [2.45, 2.75) is 44.9 Å². The van der Waals surface area contributed by atoms with Crippen LogP contribution in [0.15, 0.2) is 30.3 Å². The second kappa shape index (κ2) is 6.02. The molecule has 2 rings (SSSR count). The van der Waals surface area contributed by atoms with Gasteiger partial charge in [-0.3, -0.25) is 0 Å². The van der Waals surface area contributed by atoms with Gasteiger partial charge in [-0.1, -0.05) is 49.6 Å². The van der Waals surface area contributed by atoms with E-state index in [1.54, 1.807) is 0 Å². The molecule has 0 aliphatic heterocycles. The van der Waals surface area contributed by atoms with Gasteiger partial charge in [-0.25, -0.2) is 0 Å². The summed E-state index contributed by atoms with van der Waals surface area (Å²) >= 11 is 0. The Labute approximate surface area is 104 Å². The Morgan fingerprint density at radius 1 is 1.18 bits per heavy atom. The van der Waals surface area contributed by atoms with Crippen LogP contribution in [0.4, 0.5) is 0 Å². The first kappa shape index (κ1) is 12.4. The van der Waals surface area contributed by atoms with Crippen molar-refractivity contribution in [1.82, 2.24) is 0 Å². The molecule has 0 unspecified atom stereocenters. The molecule has 0 amide bonds. The van der Waals surface area contributed by atoms with Crippen molar-refractivity contribution in [3.63, 3.8) is 0 Å². The summed E-state index contributed by atoms with van der Waals surface area (Å²) < 4.78 is 0. The first-order valence-corrected chi connectivity index (χ1v) is 6.69. The first-order valence-electron chi connectivity index (χ1n) is 6.69. The van der Waals surface area contributed by atoms with E-state index in [0.29, 0.717) is 0 Å². The van der Waals surface area contributed by atoms with E-state index in [2.05, 4.69) is 24.3 Å². The zero-order chi connectivity index (χ0) is 12.1. The Bertz CT molecular complexity index is 369. The summed E-state index contributed by atoms with van der Waals surface area (Å²) in [5.74, 6) is 0.778. The molecule has 1 saturated carbocycles. The van der Waals surface area contributed by atoms with Gasteiger partial charge in [0.05, 0.1) is 6.61 Å². The Morgan fingerprint density at radius 2 is 1.82 bits per heavy atom. The second-order valence-corrected chi connectivity index (χ2v) is 5.03. The highest BCUT2D eigenvalue weighted by atomic mass is 16.2. The normalized spacial score (nSPS) is 18.4. The van der Waals surface area contributed by atoms with Gasteiger partial charge in [-0.05, 0) is 42.4 Å². The third-order valence-corrected chi connectivity index (χ3v) is 3.84. The maximum Gasteiger partial charge on any atom is 0.0618 e. The van der Waals surface area contributed by atoms with Crippen LogP contribution in [0.1, 0.15) is 56.1 Å². The third kappa shape index (κ3) is 3.19. The predicted octanol–water partition coefficient (Wildman–Crippen LogP) is 4.13. The van der Waals surface area contributed by atoms with Crippen molar-refractivity contribution in [3.05, 3.63) is 41.5 Å². The number of allylic oxidation sites excluding steroid dienone is 1. The molecule has 1 nitrogen and oxygen atoms in total. The fourth-order valence-corrected chi connectivity index (χ4v) is 2.71. The molecule has 1 fully saturated rings. The zero-order valence-electron chi connectivity index (χ0n) is 10.7. The molecule has 0 spiro atoms. The molecule has 0 saturated heterocycles. The van der Waals surface area contributed by atoms with E-state index < -0.39 is 0 Å². The number of benzene rings is 1. The Balaban J connectivity index is 2.09. The quantitative estimate of drug-likeness (QED) is 0.827. The topological polar surface area (TPSA) is 20.2 Å². The molecule has 0 atom stereocenters. The fraction of sp³-hybridized carbons (Fsp3) is 0.500. The van der Waals surface area contributed by atoms with Crippen LogP contribution < -0.4 is 0 Å². The predicted molar refractivity (Wildman–Crippen MR) is 73.0 cm³/mol. The molecule has 1 aromatic carbocycles. The van der Waals surface area contributed by atoms with E-state index in [1.807, 2.05) is 13.0 Å². The maximum absolute atomic E-state index is 8.88. The average Bonchev–Trinajstić information content (AvgIpc) is 2.40. The minimum Gasteiger partial charge on any atom is -0.392 e. The number of aliphatic hydroxyl groups excluding tert-OH is 1. The smallest absolute Gasteiger partial charge is 0.0618 e. The van der Waals surface area contributed by atoms with Crippen molar-refractivity contribution in [2.75, 3.05) is 6.61 Å². The minimum absolute atomic E-state index is 0.121. The highest BCUT2D eigenvalue weighted by Crippen LogP contribution is 2.32. The van der Waals surface area contributed by atoms with E-state index in [0.717, 1.165) is 11.5 Å². The second-order valence-electron chi connectivity index (χ2n) is 5.03.